The van der Waals surface area contributed by atoms with E-state index in [2.05, 4.69) is 19.9 Å². The lowest BCUT2D eigenvalue weighted by molar-refractivity contribution is -0.112. The van der Waals surface area contributed by atoms with Crippen LogP contribution in [0.2, 0.25) is 0 Å². The molecule has 1 aliphatic carbocycles. The predicted octanol–water partition coefficient (Wildman–Crippen LogP) is 3.27. The first-order chi connectivity index (χ1) is 9.03. The lowest BCUT2D eigenvalue weighted by Crippen LogP contribution is -2.50. The second-order valence-electron chi connectivity index (χ2n) is 6.77. The number of hydrogen-bond donors (Lipinski definition) is 1. The number of aliphatic hydroxyl groups is 1. The van der Waals surface area contributed by atoms with Crippen molar-refractivity contribution in [2.75, 3.05) is 13.2 Å². The SMILES string of the molecule is CC(C)C1CCCC(O)(C2(C#N)CCOCC2)CC1. The lowest BCUT2D eigenvalue weighted by atomic mass is 9.64. The molecular formula is C16H27NO2. The number of hydrogen-bond acceptors (Lipinski definition) is 3. The molecule has 2 atom stereocenters. The quantitative estimate of drug-likeness (QED) is 0.780. The number of nitrogens with zero attached hydrogens (tertiary/aromatic N) is 1. The van der Waals surface area contributed by atoms with Gasteiger partial charge in [-0.05, 0) is 43.9 Å². The van der Waals surface area contributed by atoms with Gasteiger partial charge in [0.25, 0.3) is 0 Å². The molecule has 0 aromatic rings. The van der Waals surface area contributed by atoms with Crippen molar-refractivity contribution >= 4 is 0 Å². The summed E-state index contributed by atoms with van der Waals surface area (Å²) in [6.07, 6.45) is 6.23. The number of nitriles is 1. The predicted molar refractivity (Wildman–Crippen MR) is 74.5 cm³/mol. The molecule has 0 spiro atoms. The average Bonchev–Trinajstić information content (AvgIpc) is 2.63. The van der Waals surface area contributed by atoms with Gasteiger partial charge >= 0.3 is 0 Å². The Morgan fingerprint density at radius 3 is 2.42 bits per heavy atom. The fourth-order valence-corrected chi connectivity index (χ4v) is 3.90. The molecule has 2 rings (SSSR count). The molecule has 1 N–H and O–H groups in total. The van der Waals surface area contributed by atoms with Crippen LogP contribution in [0.15, 0.2) is 0 Å². The van der Waals surface area contributed by atoms with Crippen molar-refractivity contribution in [1.29, 1.82) is 5.26 Å². The van der Waals surface area contributed by atoms with E-state index in [9.17, 15) is 10.4 Å². The van der Waals surface area contributed by atoms with E-state index in [0.29, 0.717) is 37.9 Å². The van der Waals surface area contributed by atoms with Gasteiger partial charge in [0.15, 0.2) is 0 Å². The monoisotopic (exact) mass is 265 g/mol. The van der Waals surface area contributed by atoms with Crippen LogP contribution in [0, 0.1) is 28.6 Å². The molecule has 19 heavy (non-hydrogen) atoms. The van der Waals surface area contributed by atoms with Crippen LogP contribution in [-0.2, 0) is 4.74 Å². The summed E-state index contributed by atoms with van der Waals surface area (Å²) in [4.78, 5) is 0. The summed E-state index contributed by atoms with van der Waals surface area (Å²) in [5.41, 5.74) is -1.37. The van der Waals surface area contributed by atoms with E-state index in [1.165, 1.54) is 6.42 Å². The minimum absolute atomic E-state index is 0.572. The summed E-state index contributed by atoms with van der Waals surface area (Å²) in [5, 5.41) is 20.8. The van der Waals surface area contributed by atoms with Crippen molar-refractivity contribution in [2.45, 2.75) is 64.4 Å². The highest BCUT2D eigenvalue weighted by Crippen LogP contribution is 2.48. The zero-order valence-corrected chi connectivity index (χ0v) is 12.3. The lowest BCUT2D eigenvalue weighted by Gasteiger charge is -2.44. The zero-order chi connectivity index (χ0) is 13.9. The van der Waals surface area contributed by atoms with Crippen molar-refractivity contribution < 1.29 is 9.84 Å². The highest BCUT2D eigenvalue weighted by atomic mass is 16.5. The van der Waals surface area contributed by atoms with Crippen LogP contribution in [0.1, 0.15) is 58.8 Å². The van der Waals surface area contributed by atoms with E-state index >= 15 is 0 Å². The molecule has 2 unspecified atom stereocenters. The molecule has 0 amide bonds. The van der Waals surface area contributed by atoms with Crippen LogP contribution in [0.25, 0.3) is 0 Å². The fraction of sp³-hybridized carbons (Fsp3) is 0.938. The third-order valence-corrected chi connectivity index (χ3v) is 5.49. The zero-order valence-electron chi connectivity index (χ0n) is 12.3. The van der Waals surface area contributed by atoms with Gasteiger partial charge in [-0.2, -0.15) is 5.26 Å². The fourth-order valence-electron chi connectivity index (χ4n) is 3.90. The maximum absolute atomic E-state index is 11.1. The maximum Gasteiger partial charge on any atom is 0.0903 e. The van der Waals surface area contributed by atoms with Crippen LogP contribution in [-0.4, -0.2) is 23.9 Å². The van der Waals surface area contributed by atoms with Crippen molar-refractivity contribution in [3.8, 4) is 6.07 Å². The molecule has 3 heteroatoms. The summed E-state index contributed by atoms with van der Waals surface area (Å²) < 4.78 is 5.39. The Kier molecular flexibility index (Phi) is 4.53. The van der Waals surface area contributed by atoms with E-state index in [1.54, 1.807) is 0 Å². The van der Waals surface area contributed by atoms with Crippen LogP contribution in [0.5, 0.6) is 0 Å². The summed E-state index contributed by atoms with van der Waals surface area (Å²) in [7, 11) is 0. The van der Waals surface area contributed by atoms with Gasteiger partial charge in [0.05, 0.1) is 17.1 Å². The molecule has 0 aromatic carbocycles. The van der Waals surface area contributed by atoms with Crippen molar-refractivity contribution in [3.63, 3.8) is 0 Å². The Morgan fingerprint density at radius 2 is 1.84 bits per heavy atom. The molecule has 0 aromatic heterocycles. The molecule has 108 valence electrons. The average molecular weight is 265 g/mol. The first-order valence-corrected chi connectivity index (χ1v) is 7.74. The Morgan fingerprint density at radius 1 is 1.16 bits per heavy atom. The minimum atomic E-state index is -0.796. The van der Waals surface area contributed by atoms with Gasteiger partial charge in [-0.1, -0.05) is 26.7 Å². The molecule has 2 fully saturated rings. The molecule has 0 bridgehead atoms. The third-order valence-electron chi connectivity index (χ3n) is 5.49. The summed E-state index contributed by atoms with van der Waals surface area (Å²) in [6, 6.07) is 2.47. The molecule has 1 saturated carbocycles. The standard InChI is InChI=1S/C16H27NO2/c1-13(2)14-4-3-6-16(18,7-5-14)15(12-17)8-10-19-11-9-15/h13-14,18H,3-11H2,1-2H3. The maximum atomic E-state index is 11.1. The molecule has 1 aliphatic heterocycles. The Balaban J connectivity index is 2.15. The molecule has 1 heterocycles. The van der Waals surface area contributed by atoms with E-state index in [0.717, 1.165) is 25.7 Å². The second-order valence-corrected chi connectivity index (χ2v) is 6.77. The highest BCUT2D eigenvalue weighted by Gasteiger charge is 2.51. The van der Waals surface area contributed by atoms with Gasteiger partial charge in [0.1, 0.15) is 0 Å². The van der Waals surface area contributed by atoms with Gasteiger partial charge < -0.3 is 9.84 Å². The van der Waals surface area contributed by atoms with Crippen molar-refractivity contribution in [1.82, 2.24) is 0 Å². The van der Waals surface area contributed by atoms with Gasteiger partial charge in [-0.25, -0.2) is 0 Å². The van der Waals surface area contributed by atoms with Crippen molar-refractivity contribution in [3.05, 3.63) is 0 Å². The Hall–Kier alpha value is -0.590. The van der Waals surface area contributed by atoms with Crippen molar-refractivity contribution in [2.24, 2.45) is 17.3 Å². The normalized spacial score (nSPS) is 35.6. The van der Waals surface area contributed by atoms with E-state index in [-0.39, 0.29) is 0 Å². The summed E-state index contributed by atoms with van der Waals surface area (Å²) in [6.45, 7) is 5.76. The van der Waals surface area contributed by atoms with E-state index in [4.69, 9.17) is 4.74 Å². The molecular weight excluding hydrogens is 238 g/mol. The Bertz CT molecular complexity index is 341. The van der Waals surface area contributed by atoms with Gasteiger partial charge in [0.2, 0.25) is 0 Å². The van der Waals surface area contributed by atoms with Crippen LogP contribution in [0.4, 0.5) is 0 Å². The van der Waals surface area contributed by atoms with E-state index < -0.39 is 11.0 Å². The Labute approximate surface area is 117 Å². The molecule has 1 saturated heterocycles. The first kappa shape index (κ1) is 14.8. The summed E-state index contributed by atoms with van der Waals surface area (Å²) >= 11 is 0. The molecule has 0 radical (unpaired) electrons. The van der Waals surface area contributed by atoms with Crippen LogP contribution >= 0.6 is 0 Å². The van der Waals surface area contributed by atoms with Gasteiger partial charge in [0, 0.05) is 13.2 Å². The van der Waals surface area contributed by atoms with Gasteiger partial charge in [-0.15, -0.1) is 0 Å². The number of ether oxygens (including phenoxy) is 1. The third kappa shape index (κ3) is 2.80. The smallest absolute Gasteiger partial charge is 0.0903 e. The van der Waals surface area contributed by atoms with Crippen LogP contribution < -0.4 is 0 Å². The summed E-state index contributed by atoms with van der Waals surface area (Å²) in [5.74, 6) is 1.37. The van der Waals surface area contributed by atoms with Gasteiger partial charge in [-0.3, -0.25) is 0 Å². The second kappa shape index (κ2) is 5.81. The highest BCUT2D eigenvalue weighted by molar-refractivity contribution is 5.13. The minimum Gasteiger partial charge on any atom is -0.388 e. The molecule has 2 aliphatic rings. The first-order valence-electron chi connectivity index (χ1n) is 7.74. The molecule has 3 nitrogen and oxygen atoms in total. The number of rotatable bonds is 2. The van der Waals surface area contributed by atoms with Crippen LogP contribution in [0.3, 0.4) is 0 Å². The largest absolute Gasteiger partial charge is 0.388 e. The topological polar surface area (TPSA) is 53.2 Å². The van der Waals surface area contributed by atoms with E-state index in [1.807, 2.05) is 0 Å².